The van der Waals surface area contributed by atoms with Crippen molar-refractivity contribution in [3.63, 3.8) is 0 Å². The Balaban J connectivity index is 1.45. The van der Waals surface area contributed by atoms with Crippen molar-refractivity contribution in [2.45, 2.75) is 19.0 Å². The van der Waals surface area contributed by atoms with E-state index in [4.69, 9.17) is 0 Å². The van der Waals surface area contributed by atoms with Gasteiger partial charge in [0.25, 0.3) is 0 Å². The normalized spacial score (nSPS) is 17.1. The van der Waals surface area contributed by atoms with Gasteiger partial charge in [-0.3, -0.25) is 9.88 Å². The minimum atomic E-state index is 0.433. The summed E-state index contributed by atoms with van der Waals surface area (Å²) in [5.41, 5.74) is 4.82. The molecule has 3 aromatic rings. The average Bonchev–Trinajstić information content (AvgIpc) is 2.67. The summed E-state index contributed by atoms with van der Waals surface area (Å²) in [5.74, 6) is 0.668. The number of anilines is 1. The molecule has 0 amide bonds. The van der Waals surface area contributed by atoms with Gasteiger partial charge in [0.15, 0.2) is 0 Å². The zero-order valence-electron chi connectivity index (χ0n) is 14.3. The van der Waals surface area contributed by atoms with E-state index in [0.717, 1.165) is 30.8 Å². The number of benzene rings is 1. The maximum absolute atomic E-state index is 4.63. The predicted octanol–water partition coefficient (Wildman–Crippen LogP) is 3.01. The fourth-order valence-corrected chi connectivity index (χ4v) is 3.28. The smallest absolute Gasteiger partial charge is 0.223 e. The monoisotopic (exact) mass is 331 g/mol. The highest BCUT2D eigenvalue weighted by Gasteiger charge is 2.22. The number of aromatic nitrogens is 3. The Morgan fingerprint density at radius 3 is 2.68 bits per heavy atom. The third-order valence-electron chi connectivity index (χ3n) is 4.74. The Hall–Kier alpha value is -2.79. The zero-order chi connectivity index (χ0) is 17.1. The number of likely N-dealkylation sites (N-methyl/N-ethyl adjacent to an activating group) is 1. The topological polar surface area (TPSA) is 53.9 Å². The van der Waals surface area contributed by atoms with E-state index in [1.807, 2.05) is 18.2 Å². The molecule has 0 radical (unpaired) electrons. The first kappa shape index (κ1) is 15.7. The first-order valence-corrected chi connectivity index (χ1v) is 8.54. The second-order valence-electron chi connectivity index (χ2n) is 6.42. The molecular weight excluding hydrogens is 310 g/mol. The molecule has 0 saturated heterocycles. The Kier molecular flexibility index (Phi) is 4.39. The average molecular weight is 331 g/mol. The molecular formula is C20H21N5. The second kappa shape index (κ2) is 6.99. The summed E-state index contributed by atoms with van der Waals surface area (Å²) >= 11 is 0. The lowest BCUT2D eigenvalue weighted by Crippen LogP contribution is -2.42. The maximum Gasteiger partial charge on any atom is 0.223 e. The van der Waals surface area contributed by atoms with E-state index in [9.17, 15) is 0 Å². The summed E-state index contributed by atoms with van der Waals surface area (Å²) in [6.07, 6.45) is 6.40. The van der Waals surface area contributed by atoms with E-state index < -0.39 is 0 Å². The molecule has 1 unspecified atom stereocenters. The van der Waals surface area contributed by atoms with Crippen molar-refractivity contribution in [3.8, 4) is 11.3 Å². The standard InChI is InChI=1S/C20H21N5/c1-25-14-17-5-3-2-4-16(17)12-18(25)13-23-20-22-11-8-19(24-20)15-6-9-21-10-7-15/h2-11,18H,12-14H2,1H3,(H,22,23,24). The molecule has 4 rings (SSSR count). The van der Waals surface area contributed by atoms with Crippen LogP contribution in [0.15, 0.2) is 61.1 Å². The summed E-state index contributed by atoms with van der Waals surface area (Å²) in [4.78, 5) is 15.4. The van der Waals surface area contributed by atoms with Crippen LogP contribution in [0, 0.1) is 0 Å². The zero-order valence-corrected chi connectivity index (χ0v) is 14.3. The summed E-state index contributed by atoms with van der Waals surface area (Å²) < 4.78 is 0. The third-order valence-corrected chi connectivity index (χ3v) is 4.74. The van der Waals surface area contributed by atoms with Crippen LogP contribution in [0.4, 0.5) is 5.95 Å². The molecule has 0 spiro atoms. The number of pyridine rings is 1. The second-order valence-corrected chi connectivity index (χ2v) is 6.42. The van der Waals surface area contributed by atoms with Gasteiger partial charge >= 0.3 is 0 Å². The summed E-state index contributed by atoms with van der Waals surface area (Å²) in [7, 11) is 2.18. The number of fused-ring (bicyclic) bond motifs is 1. The fourth-order valence-electron chi connectivity index (χ4n) is 3.28. The van der Waals surface area contributed by atoms with Gasteiger partial charge in [-0.1, -0.05) is 24.3 Å². The van der Waals surface area contributed by atoms with Crippen molar-refractivity contribution in [2.24, 2.45) is 0 Å². The van der Waals surface area contributed by atoms with Gasteiger partial charge in [0.2, 0.25) is 5.95 Å². The van der Waals surface area contributed by atoms with Gasteiger partial charge < -0.3 is 5.32 Å². The van der Waals surface area contributed by atoms with Crippen molar-refractivity contribution in [1.82, 2.24) is 19.9 Å². The van der Waals surface area contributed by atoms with Crippen LogP contribution in [0.2, 0.25) is 0 Å². The molecule has 1 aliphatic rings. The van der Waals surface area contributed by atoms with Gasteiger partial charge in [0.1, 0.15) is 0 Å². The predicted molar refractivity (Wildman–Crippen MR) is 99.2 cm³/mol. The fraction of sp³-hybridized carbons (Fsp3) is 0.250. The minimum Gasteiger partial charge on any atom is -0.353 e. The highest BCUT2D eigenvalue weighted by Crippen LogP contribution is 2.22. The number of rotatable bonds is 4. The number of hydrogen-bond acceptors (Lipinski definition) is 5. The van der Waals surface area contributed by atoms with Crippen LogP contribution in [-0.2, 0) is 13.0 Å². The number of nitrogens with zero attached hydrogens (tertiary/aromatic N) is 4. The largest absolute Gasteiger partial charge is 0.353 e. The third kappa shape index (κ3) is 3.51. The number of hydrogen-bond donors (Lipinski definition) is 1. The SMILES string of the molecule is CN1Cc2ccccc2CC1CNc1nccc(-c2ccncc2)n1. The molecule has 0 fully saturated rings. The Morgan fingerprint density at radius 2 is 1.84 bits per heavy atom. The lowest BCUT2D eigenvalue weighted by Gasteiger charge is -2.34. The molecule has 0 saturated carbocycles. The van der Waals surface area contributed by atoms with E-state index >= 15 is 0 Å². The summed E-state index contributed by atoms with van der Waals surface area (Å²) in [6, 6.07) is 15.0. The Morgan fingerprint density at radius 1 is 1.04 bits per heavy atom. The van der Waals surface area contributed by atoms with E-state index in [1.54, 1.807) is 18.6 Å². The molecule has 126 valence electrons. The van der Waals surface area contributed by atoms with Crippen LogP contribution in [0.5, 0.6) is 0 Å². The summed E-state index contributed by atoms with van der Waals surface area (Å²) in [6.45, 7) is 1.81. The molecule has 5 nitrogen and oxygen atoms in total. The van der Waals surface area contributed by atoms with Crippen molar-refractivity contribution in [2.75, 3.05) is 18.9 Å². The molecule has 3 heterocycles. The van der Waals surface area contributed by atoms with Crippen LogP contribution in [0.1, 0.15) is 11.1 Å². The van der Waals surface area contributed by atoms with E-state index in [-0.39, 0.29) is 0 Å². The van der Waals surface area contributed by atoms with Gasteiger partial charge in [-0.25, -0.2) is 9.97 Å². The van der Waals surface area contributed by atoms with Gasteiger partial charge in [-0.2, -0.15) is 0 Å². The molecule has 2 aromatic heterocycles. The van der Waals surface area contributed by atoms with E-state index in [0.29, 0.717) is 12.0 Å². The Bertz CT molecular complexity index is 849. The lowest BCUT2D eigenvalue weighted by molar-refractivity contribution is 0.224. The van der Waals surface area contributed by atoms with E-state index in [2.05, 4.69) is 56.5 Å². The highest BCUT2D eigenvalue weighted by atomic mass is 15.2. The first-order chi connectivity index (χ1) is 12.3. The van der Waals surface area contributed by atoms with Crippen LogP contribution in [0.3, 0.4) is 0 Å². The van der Waals surface area contributed by atoms with Gasteiger partial charge in [0, 0.05) is 43.3 Å². The summed E-state index contributed by atoms with van der Waals surface area (Å²) in [5, 5.41) is 3.41. The molecule has 1 aromatic carbocycles. The van der Waals surface area contributed by atoms with Gasteiger partial charge in [0.05, 0.1) is 5.69 Å². The van der Waals surface area contributed by atoms with Crippen LogP contribution >= 0.6 is 0 Å². The lowest BCUT2D eigenvalue weighted by atomic mass is 9.94. The highest BCUT2D eigenvalue weighted by molar-refractivity contribution is 5.59. The molecule has 1 atom stereocenters. The minimum absolute atomic E-state index is 0.433. The quantitative estimate of drug-likeness (QED) is 0.796. The van der Waals surface area contributed by atoms with Gasteiger partial charge in [-0.15, -0.1) is 0 Å². The number of nitrogens with one attached hydrogen (secondary N) is 1. The van der Waals surface area contributed by atoms with E-state index in [1.165, 1.54) is 11.1 Å². The van der Waals surface area contributed by atoms with Crippen molar-refractivity contribution < 1.29 is 0 Å². The first-order valence-electron chi connectivity index (χ1n) is 8.54. The molecule has 1 aliphatic heterocycles. The van der Waals surface area contributed by atoms with Crippen LogP contribution in [0.25, 0.3) is 11.3 Å². The molecule has 1 N–H and O–H groups in total. The van der Waals surface area contributed by atoms with Crippen molar-refractivity contribution in [1.29, 1.82) is 0 Å². The molecule has 0 bridgehead atoms. The maximum atomic E-state index is 4.63. The van der Waals surface area contributed by atoms with Crippen molar-refractivity contribution in [3.05, 3.63) is 72.2 Å². The van der Waals surface area contributed by atoms with Crippen LogP contribution in [-0.4, -0.2) is 39.5 Å². The Labute approximate surface area is 147 Å². The molecule has 25 heavy (non-hydrogen) atoms. The molecule has 5 heteroatoms. The van der Waals surface area contributed by atoms with Gasteiger partial charge in [-0.05, 0) is 42.8 Å². The molecule has 0 aliphatic carbocycles. The van der Waals surface area contributed by atoms with Crippen LogP contribution < -0.4 is 5.32 Å². The van der Waals surface area contributed by atoms with Crippen molar-refractivity contribution >= 4 is 5.95 Å².